The number of primary amides is 2. The molecule has 3 amide bonds. The Balaban J connectivity index is 2.91. The second kappa shape index (κ2) is 3.04. The Morgan fingerprint density at radius 1 is 1.50 bits per heavy atom. The molecule has 0 bridgehead atoms. The second-order valence-electron chi connectivity index (χ2n) is 2.15. The minimum atomic E-state index is -0.766. The van der Waals surface area contributed by atoms with Gasteiger partial charge in [0.05, 0.1) is 0 Å². The molecular weight excluding hydrogens is 160 g/mol. The van der Waals surface area contributed by atoms with E-state index >= 15 is 0 Å². The number of urea groups is 1. The number of nitrogens with zero attached hydrogens (tertiary/aromatic N) is 2. The van der Waals surface area contributed by atoms with Crippen molar-refractivity contribution in [3.05, 3.63) is 12.3 Å². The highest BCUT2D eigenvalue weighted by molar-refractivity contribution is 6.39. The van der Waals surface area contributed by atoms with Crippen LogP contribution < -0.4 is 11.5 Å². The normalized spacial score (nSPS) is 15.7. The maximum atomic E-state index is 10.7. The van der Waals surface area contributed by atoms with Crippen molar-refractivity contribution in [1.82, 2.24) is 4.90 Å². The summed E-state index contributed by atoms with van der Waals surface area (Å²) in [7, 11) is 0. The molecule has 0 aromatic heterocycles. The number of amidine groups is 1. The van der Waals surface area contributed by atoms with Crippen LogP contribution in [0.3, 0.4) is 0 Å². The van der Waals surface area contributed by atoms with E-state index in [4.69, 9.17) is 11.5 Å². The van der Waals surface area contributed by atoms with Gasteiger partial charge in [-0.05, 0) is 6.08 Å². The summed E-state index contributed by atoms with van der Waals surface area (Å²) < 4.78 is 0. The van der Waals surface area contributed by atoms with Crippen molar-refractivity contribution in [2.45, 2.75) is 0 Å². The van der Waals surface area contributed by atoms with E-state index in [2.05, 4.69) is 4.99 Å². The third-order valence-corrected chi connectivity index (χ3v) is 1.33. The molecule has 0 unspecified atom stereocenters. The summed E-state index contributed by atoms with van der Waals surface area (Å²) in [6.07, 6.45) is 3.00. The van der Waals surface area contributed by atoms with Crippen molar-refractivity contribution in [1.29, 1.82) is 0 Å². The fourth-order valence-electron chi connectivity index (χ4n) is 0.823. The van der Waals surface area contributed by atoms with Crippen LogP contribution >= 0.6 is 0 Å². The van der Waals surface area contributed by atoms with Crippen LogP contribution in [0, 0.1) is 0 Å². The average molecular weight is 168 g/mol. The van der Waals surface area contributed by atoms with Crippen molar-refractivity contribution in [2.24, 2.45) is 16.5 Å². The van der Waals surface area contributed by atoms with Gasteiger partial charge in [-0.2, -0.15) is 0 Å². The van der Waals surface area contributed by atoms with Crippen LogP contribution in [0.15, 0.2) is 17.3 Å². The molecule has 0 saturated carbocycles. The topological polar surface area (TPSA) is 102 Å². The largest absolute Gasteiger partial charge is 0.363 e. The average Bonchev–Trinajstić information content (AvgIpc) is 2.04. The van der Waals surface area contributed by atoms with Gasteiger partial charge in [0.25, 0.3) is 5.91 Å². The summed E-state index contributed by atoms with van der Waals surface area (Å²) >= 11 is 0. The van der Waals surface area contributed by atoms with Gasteiger partial charge in [0.1, 0.15) is 0 Å². The molecule has 0 aromatic rings. The highest BCUT2D eigenvalue weighted by Gasteiger charge is 2.21. The van der Waals surface area contributed by atoms with Crippen LogP contribution in [0.4, 0.5) is 4.79 Å². The quantitative estimate of drug-likeness (QED) is 0.512. The lowest BCUT2D eigenvalue weighted by molar-refractivity contribution is -0.112. The lowest BCUT2D eigenvalue weighted by Gasteiger charge is -2.19. The zero-order chi connectivity index (χ0) is 9.14. The minimum absolute atomic E-state index is 0.120. The number of carbonyl (C=O) groups excluding carboxylic acids is 2. The van der Waals surface area contributed by atoms with E-state index in [-0.39, 0.29) is 12.4 Å². The lowest BCUT2D eigenvalue weighted by Crippen LogP contribution is -2.47. The summed E-state index contributed by atoms with van der Waals surface area (Å²) in [6, 6.07) is -0.739. The Kier molecular flexibility index (Phi) is 2.09. The number of carbonyl (C=O) groups is 2. The van der Waals surface area contributed by atoms with E-state index in [9.17, 15) is 9.59 Å². The Morgan fingerprint density at radius 2 is 2.17 bits per heavy atom. The monoisotopic (exact) mass is 168 g/mol. The highest BCUT2D eigenvalue weighted by Crippen LogP contribution is 1.99. The first kappa shape index (κ1) is 8.25. The first-order valence-electron chi connectivity index (χ1n) is 3.22. The molecule has 0 aliphatic carbocycles. The second-order valence-corrected chi connectivity index (χ2v) is 2.15. The van der Waals surface area contributed by atoms with E-state index in [1.165, 1.54) is 6.20 Å². The summed E-state index contributed by atoms with van der Waals surface area (Å²) in [5, 5.41) is 0. The maximum Gasteiger partial charge on any atom is 0.320 e. The van der Waals surface area contributed by atoms with Crippen molar-refractivity contribution in [3.8, 4) is 0 Å². The standard InChI is InChI=1S/C6H8N4O2/c7-4(11)5-9-2-1-3-10(5)6(8)12/h1-2H,3H2,(H2,7,11)(H2,8,12). The molecule has 0 radical (unpaired) electrons. The molecular formula is C6H8N4O2. The van der Waals surface area contributed by atoms with Crippen LogP contribution in [-0.4, -0.2) is 29.2 Å². The van der Waals surface area contributed by atoms with E-state index in [0.717, 1.165) is 4.90 Å². The Bertz CT molecular complexity index is 281. The molecule has 0 atom stereocenters. The molecule has 0 saturated heterocycles. The van der Waals surface area contributed by atoms with Crippen molar-refractivity contribution < 1.29 is 9.59 Å². The molecule has 6 heteroatoms. The summed E-state index contributed by atoms with van der Waals surface area (Å²) in [5.41, 5.74) is 9.90. The molecule has 1 aliphatic rings. The molecule has 12 heavy (non-hydrogen) atoms. The first-order valence-corrected chi connectivity index (χ1v) is 3.22. The molecule has 6 nitrogen and oxygen atoms in total. The third-order valence-electron chi connectivity index (χ3n) is 1.33. The lowest BCUT2D eigenvalue weighted by atomic mass is 10.4. The van der Waals surface area contributed by atoms with Gasteiger partial charge in [0.15, 0.2) is 0 Å². The SMILES string of the molecule is NC(=O)C1=NC=CCN1C(N)=O. The number of aliphatic imine (C=N–C) groups is 1. The number of amides is 3. The third kappa shape index (κ3) is 1.42. The number of hydrogen-bond acceptors (Lipinski definition) is 3. The molecule has 0 aromatic carbocycles. The zero-order valence-corrected chi connectivity index (χ0v) is 6.23. The van der Waals surface area contributed by atoms with Gasteiger partial charge in [0.2, 0.25) is 5.84 Å². The van der Waals surface area contributed by atoms with Gasteiger partial charge in [-0.15, -0.1) is 0 Å². The number of nitrogens with two attached hydrogens (primary N) is 2. The van der Waals surface area contributed by atoms with Gasteiger partial charge in [0, 0.05) is 12.7 Å². The zero-order valence-electron chi connectivity index (χ0n) is 6.23. The van der Waals surface area contributed by atoms with Crippen LogP contribution in [0.2, 0.25) is 0 Å². The summed E-state index contributed by atoms with van der Waals surface area (Å²) in [5.74, 6) is -0.886. The smallest absolute Gasteiger partial charge is 0.320 e. The predicted molar refractivity (Wildman–Crippen MR) is 42.1 cm³/mol. The maximum absolute atomic E-state index is 10.7. The van der Waals surface area contributed by atoms with Crippen molar-refractivity contribution in [3.63, 3.8) is 0 Å². The summed E-state index contributed by atoms with van der Waals surface area (Å²) in [6.45, 7) is 0.233. The van der Waals surface area contributed by atoms with Crippen LogP contribution in [0.5, 0.6) is 0 Å². The fourth-order valence-corrected chi connectivity index (χ4v) is 0.823. The van der Waals surface area contributed by atoms with E-state index in [1.807, 2.05) is 0 Å². The first-order chi connectivity index (χ1) is 5.63. The van der Waals surface area contributed by atoms with Crippen LogP contribution in [0.1, 0.15) is 0 Å². The molecule has 0 spiro atoms. The van der Waals surface area contributed by atoms with Gasteiger partial charge in [-0.25, -0.2) is 9.79 Å². The fraction of sp³-hybridized carbons (Fsp3) is 0.167. The van der Waals surface area contributed by atoms with E-state index in [1.54, 1.807) is 6.08 Å². The molecule has 4 N–H and O–H groups in total. The number of rotatable bonds is 1. The van der Waals surface area contributed by atoms with Gasteiger partial charge >= 0.3 is 6.03 Å². The van der Waals surface area contributed by atoms with Gasteiger partial charge in [-0.1, -0.05) is 0 Å². The molecule has 1 aliphatic heterocycles. The van der Waals surface area contributed by atoms with Gasteiger partial charge in [-0.3, -0.25) is 9.69 Å². The van der Waals surface area contributed by atoms with Gasteiger partial charge < -0.3 is 11.5 Å². The number of hydrogen-bond donors (Lipinski definition) is 2. The predicted octanol–water partition coefficient (Wildman–Crippen LogP) is -1.22. The van der Waals surface area contributed by atoms with Crippen molar-refractivity contribution >= 4 is 17.8 Å². The molecule has 64 valence electrons. The molecule has 1 rings (SSSR count). The van der Waals surface area contributed by atoms with E-state index < -0.39 is 11.9 Å². The summed E-state index contributed by atoms with van der Waals surface area (Å²) in [4.78, 5) is 26.0. The molecule has 1 heterocycles. The minimum Gasteiger partial charge on any atom is -0.363 e. The highest BCUT2D eigenvalue weighted by atomic mass is 16.2. The Hall–Kier alpha value is -1.85. The van der Waals surface area contributed by atoms with E-state index in [0.29, 0.717) is 0 Å². The Morgan fingerprint density at radius 3 is 2.58 bits per heavy atom. The van der Waals surface area contributed by atoms with Crippen molar-refractivity contribution in [2.75, 3.05) is 6.54 Å². The molecule has 0 fully saturated rings. The van der Waals surface area contributed by atoms with Crippen LogP contribution in [-0.2, 0) is 4.79 Å². The van der Waals surface area contributed by atoms with Crippen LogP contribution in [0.25, 0.3) is 0 Å². The Labute approximate surface area is 68.5 Å².